The van der Waals surface area contributed by atoms with Crippen LogP contribution < -0.4 is 0 Å². The molecule has 0 saturated heterocycles. The van der Waals surface area contributed by atoms with Gasteiger partial charge in [0.15, 0.2) is 0 Å². The van der Waals surface area contributed by atoms with Gasteiger partial charge in [-0.1, -0.05) is 48.6 Å². The Labute approximate surface area is 193 Å². The second-order valence-electron chi connectivity index (χ2n) is 5.77. The van der Waals surface area contributed by atoms with E-state index in [0.717, 1.165) is 0 Å². The standard InChI is InChI=1S/2C8H12.3BF4.Rh/c2*1-2-4-6-8-7-5-3-1;3*2-1(3,4)5;/h2*1-4H,5-8H2;;;;/q;;3*-1;+3. The summed E-state index contributed by atoms with van der Waals surface area (Å²) in [6.45, 7) is 0. The van der Waals surface area contributed by atoms with Gasteiger partial charge in [0.2, 0.25) is 0 Å². The minimum atomic E-state index is -6.00. The molecule has 0 N–H and O–H groups in total. The molecule has 2 aliphatic carbocycles. The second kappa shape index (κ2) is 23.1. The Morgan fingerprint density at radius 2 is 0.469 bits per heavy atom. The maximum Gasteiger partial charge on any atom is 3.00 e. The maximum absolute atomic E-state index is 9.75. The first-order chi connectivity index (χ1) is 14.0. The summed E-state index contributed by atoms with van der Waals surface area (Å²) >= 11 is 0. The van der Waals surface area contributed by atoms with Gasteiger partial charge in [0.25, 0.3) is 0 Å². The summed E-state index contributed by atoms with van der Waals surface area (Å²) in [7, 11) is -18.0. The van der Waals surface area contributed by atoms with Crippen LogP contribution in [0.15, 0.2) is 48.6 Å². The van der Waals surface area contributed by atoms with E-state index in [4.69, 9.17) is 0 Å². The molecular formula is C16H24B3F12Rh. The summed E-state index contributed by atoms with van der Waals surface area (Å²) in [5, 5.41) is 0. The molecule has 0 heterocycles. The fraction of sp³-hybridized carbons (Fsp3) is 0.500. The van der Waals surface area contributed by atoms with E-state index < -0.39 is 21.8 Å². The van der Waals surface area contributed by atoms with E-state index in [9.17, 15) is 51.8 Å². The molecule has 2 rings (SSSR count). The quantitative estimate of drug-likeness (QED) is 0.198. The first kappa shape index (κ1) is 38.2. The second-order valence-corrected chi connectivity index (χ2v) is 5.77. The van der Waals surface area contributed by atoms with Gasteiger partial charge in [-0.05, 0) is 51.4 Å². The molecule has 0 atom stereocenters. The van der Waals surface area contributed by atoms with Crippen LogP contribution in [0.25, 0.3) is 0 Å². The van der Waals surface area contributed by atoms with Gasteiger partial charge < -0.3 is 51.8 Å². The van der Waals surface area contributed by atoms with E-state index in [-0.39, 0.29) is 19.5 Å². The summed E-state index contributed by atoms with van der Waals surface area (Å²) in [5.41, 5.74) is 0. The van der Waals surface area contributed by atoms with Crippen molar-refractivity contribution in [2.24, 2.45) is 0 Å². The minimum Gasteiger partial charge on any atom is -0.418 e. The number of allylic oxidation sites excluding steroid dienone is 8. The largest absolute Gasteiger partial charge is 3.00 e. The number of hydrogen-bond acceptors (Lipinski definition) is 0. The van der Waals surface area contributed by atoms with Gasteiger partial charge >= 0.3 is 41.2 Å². The maximum atomic E-state index is 9.75. The first-order valence-corrected chi connectivity index (χ1v) is 9.25. The Bertz CT molecular complexity index is 409. The van der Waals surface area contributed by atoms with E-state index in [1.807, 2.05) is 0 Å². The summed E-state index contributed by atoms with van der Waals surface area (Å²) < 4.78 is 117. The van der Waals surface area contributed by atoms with Gasteiger partial charge in [-0.25, -0.2) is 0 Å². The van der Waals surface area contributed by atoms with Crippen molar-refractivity contribution in [3.8, 4) is 0 Å². The summed E-state index contributed by atoms with van der Waals surface area (Å²) in [6.07, 6.45) is 28.0. The van der Waals surface area contributed by atoms with Crippen molar-refractivity contribution >= 4 is 21.8 Å². The van der Waals surface area contributed by atoms with Crippen molar-refractivity contribution in [1.29, 1.82) is 0 Å². The monoisotopic (exact) mass is 580 g/mol. The van der Waals surface area contributed by atoms with Gasteiger partial charge in [-0.2, -0.15) is 0 Å². The molecule has 190 valence electrons. The SMILES string of the molecule is C1=CCCCCC=C1.C1=CCCCCC=C1.F[B-](F)(F)F.F[B-](F)(F)F.F[B-](F)(F)F.[Rh+3]. The molecule has 32 heavy (non-hydrogen) atoms. The number of halogens is 12. The molecule has 0 aromatic rings. The van der Waals surface area contributed by atoms with Crippen LogP contribution in [0.5, 0.6) is 0 Å². The third kappa shape index (κ3) is 101. The molecule has 0 saturated carbocycles. The van der Waals surface area contributed by atoms with Crippen LogP contribution in [-0.2, 0) is 19.5 Å². The third-order valence-electron chi connectivity index (χ3n) is 2.75. The van der Waals surface area contributed by atoms with Crippen molar-refractivity contribution in [1.82, 2.24) is 0 Å². The Balaban J connectivity index is -0.000000156. The van der Waals surface area contributed by atoms with Crippen LogP contribution >= 0.6 is 0 Å². The summed E-state index contributed by atoms with van der Waals surface area (Å²) in [6, 6.07) is 0. The molecule has 0 aliphatic heterocycles. The van der Waals surface area contributed by atoms with E-state index in [2.05, 4.69) is 48.6 Å². The molecule has 0 amide bonds. The third-order valence-corrected chi connectivity index (χ3v) is 2.75. The van der Waals surface area contributed by atoms with Crippen molar-refractivity contribution in [3.63, 3.8) is 0 Å². The molecule has 16 heteroatoms. The molecular weight excluding hydrogens is 555 g/mol. The van der Waals surface area contributed by atoms with Crippen LogP contribution in [0, 0.1) is 0 Å². The summed E-state index contributed by atoms with van der Waals surface area (Å²) in [4.78, 5) is 0. The molecule has 0 radical (unpaired) electrons. The average Bonchev–Trinajstić information content (AvgIpc) is 2.40. The zero-order valence-corrected chi connectivity index (χ0v) is 18.5. The van der Waals surface area contributed by atoms with E-state index in [0.29, 0.717) is 0 Å². The fourth-order valence-electron chi connectivity index (χ4n) is 1.75. The zero-order chi connectivity index (χ0) is 24.8. The van der Waals surface area contributed by atoms with Gasteiger partial charge in [0, 0.05) is 0 Å². The molecule has 0 aromatic carbocycles. The van der Waals surface area contributed by atoms with Gasteiger partial charge in [0.1, 0.15) is 0 Å². The fourth-order valence-corrected chi connectivity index (χ4v) is 1.75. The molecule has 0 aromatic heterocycles. The van der Waals surface area contributed by atoms with Gasteiger partial charge in [-0.3, -0.25) is 0 Å². The molecule has 0 nitrogen and oxygen atoms in total. The zero-order valence-electron chi connectivity index (χ0n) is 16.9. The molecule has 0 spiro atoms. The molecule has 0 bridgehead atoms. The van der Waals surface area contributed by atoms with Gasteiger partial charge in [-0.15, -0.1) is 0 Å². The van der Waals surface area contributed by atoms with Crippen LogP contribution in [0.4, 0.5) is 51.8 Å². The van der Waals surface area contributed by atoms with Crippen LogP contribution in [0.3, 0.4) is 0 Å². The van der Waals surface area contributed by atoms with Crippen LogP contribution in [0.1, 0.15) is 51.4 Å². The normalized spacial score (nSPS) is 15.6. The Morgan fingerprint density at radius 1 is 0.344 bits per heavy atom. The molecule has 2 aliphatic rings. The van der Waals surface area contributed by atoms with Crippen molar-refractivity contribution in [2.75, 3.05) is 0 Å². The predicted octanol–water partition coefficient (Wildman–Crippen LogP) is 9.24. The number of hydrogen-bond donors (Lipinski definition) is 0. The summed E-state index contributed by atoms with van der Waals surface area (Å²) in [5.74, 6) is 0. The van der Waals surface area contributed by atoms with Crippen LogP contribution in [-0.4, -0.2) is 21.8 Å². The van der Waals surface area contributed by atoms with Crippen molar-refractivity contribution in [2.45, 2.75) is 51.4 Å². The van der Waals surface area contributed by atoms with Gasteiger partial charge in [0.05, 0.1) is 0 Å². The minimum absolute atomic E-state index is 0. The smallest absolute Gasteiger partial charge is 0.418 e. The van der Waals surface area contributed by atoms with E-state index >= 15 is 0 Å². The Morgan fingerprint density at radius 3 is 0.594 bits per heavy atom. The first-order valence-electron chi connectivity index (χ1n) is 9.25. The Kier molecular flexibility index (Phi) is 27.6. The van der Waals surface area contributed by atoms with Crippen molar-refractivity contribution < 1.29 is 71.3 Å². The topological polar surface area (TPSA) is 0 Å². The Hall–Kier alpha value is -1.06. The van der Waals surface area contributed by atoms with Crippen molar-refractivity contribution in [3.05, 3.63) is 48.6 Å². The van der Waals surface area contributed by atoms with Crippen LogP contribution in [0.2, 0.25) is 0 Å². The van der Waals surface area contributed by atoms with E-state index in [1.54, 1.807) is 0 Å². The molecule has 0 fully saturated rings. The van der Waals surface area contributed by atoms with E-state index in [1.165, 1.54) is 51.4 Å². The number of rotatable bonds is 0. The molecule has 0 unspecified atom stereocenters. The predicted molar refractivity (Wildman–Crippen MR) is 104 cm³/mol. The average molecular weight is 580 g/mol.